The Labute approximate surface area is 221 Å². The number of hydrogen-bond donors (Lipinski definition) is 1. The fourth-order valence-corrected chi connectivity index (χ4v) is 4.64. The summed E-state index contributed by atoms with van der Waals surface area (Å²) in [5.41, 5.74) is 0.823. The SMILES string of the molecule is CCOC(=O)c1ccc(NC(=O)Cn2cnc3sc(C(=O)OCCOc4ccccc4)c(C)c3c2=O)cc1. The molecule has 0 aliphatic rings. The van der Waals surface area contributed by atoms with Crippen LogP contribution >= 0.6 is 11.3 Å². The summed E-state index contributed by atoms with van der Waals surface area (Å²) in [5, 5.41) is 2.94. The van der Waals surface area contributed by atoms with Gasteiger partial charge in [0.2, 0.25) is 5.91 Å². The number of carbonyl (C=O) groups is 3. The van der Waals surface area contributed by atoms with Crippen molar-refractivity contribution in [3.63, 3.8) is 0 Å². The van der Waals surface area contributed by atoms with Crippen molar-refractivity contribution in [3.05, 3.63) is 87.3 Å². The number of benzene rings is 2. The lowest BCUT2D eigenvalue weighted by atomic mass is 10.2. The van der Waals surface area contributed by atoms with Gasteiger partial charge in [-0.25, -0.2) is 14.6 Å². The van der Waals surface area contributed by atoms with E-state index in [4.69, 9.17) is 14.2 Å². The number of para-hydroxylation sites is 1. The molecule has 2 heterocycles. The number of rotatable bonds is 10. The molecule has 0 atom stereocenters. The molecular formula is C27H25N3O7S. The van der Waals surface area contributed by atoms with Gasteiger partial charge in [0.25, 0.3) is 5.56 Å². The van der Waals surface area contributed by atoms with Crippen molar-refractivity contribution in [2.75, 3.05) is 25.1 Å². The van der Waals surface area contributed by atoms with Crippen LogP contribution in [0.3, 0.4) is 0 Å². The molecule has 4 rings (SSSR count). The highest BCUT2D eigenvalue weighted by Gasteiger charge is 2.21. The number of ether oxygens (including phenoxy) is 3. The van der Waals surface area contributed by atoms with Gasteiger partial charge in [-0.2, -0.15) is 0 Å². The summed E-state index contributed by atoms with van der Waals surface area (Å²) in [5.74, 6) is -0.810. The topological polar surface area (TPSA) is 126 Å². The van der Waals surface area contributed by atoms with Gasteiger partial charge in [0.05, 0.1) is 23.9 Å². The van der Waals surface area contributed by atoms with Crippen LogP contribution in [0, 0.1) is 6.92 Å². The quantitative estimate of drug-likeness (QED) is 0.240. The highest BCUT2D eigenvalue weighted by atomic mass is 32.1. The van der Waals surface area contributed by atoms with E-state index in [9.17, 15) is 19.2 Å². The predicted octanol–water partition coefficient (Wildman–Crippen LogP) is 3.82. The second-order valence-electron chi connectivity index (χ2n) is 8.06. The first kappa shape index (κ1) is 26.6. The monoisotopic (exact) mass is 535 g/mol. The average molecular weight is 536 g/mol. The van der Waals surface area contributed by atoms with E-state index < -0.39 is 23.4 Å². The Hall–Kier alpha value is -4.51. The third-order valence-corrected chi connectivity index (χ3v) is 6.60. The summed E-state index contributed by atoms with van der Waals surface area (Å²) in [7, 11) is 0. The minimum atomic E-state index is -0.572. The van der Waals surface area contributed by atoms with E-state index in [1.165, 1.54) is 23.0 Å². The number of aromatic nitrogens is 2. The smallest absolute Gasteiger partial charge is 0.348 e. The molecule has 2 aromatic heterocycles. The van der Waals surface area contributed by atoms with Crippen molar-refractivity contribution in [3.8, 4) is 5.75 Å². The first-order valence-electron chi connectivity index (χ1n) is 11.8. The number of nitrogens with zero attached hydrogens (tertiary/aromatic N) is 2. The minimum absolute atomic E-state index is 0.0417. The number of carbonyl (C=O) groups excluding carboxylic acids is 3. The Morgan fingerprint density at radius 3 is 2.42 bits per heavy atom. The summed E-state index contributed by atoms with van der Waals surface area (Å²) in [6, 6.07) is 15.4. The maximum absolute atomic E-state index is 13.1. The summed E-state index contributed by atoms with van der Waals surface area (Å²) >= 11 is 1.06. The third-order valence-electron chi connectivity index (χ3n) is 5.42. The highest BCUT2D eigenvalue weighted by Crippen LogP contribution is 2.27. The lowest BCUT2D eigenvalue weighted by molar-refractivity contribution is -0.116. The number of aryl methyl sites for hydroxylation is 1. The number of hydrogen-bond acceptors (Lipinski definition) is 9. The normalized spacial score (nSPS) is 10.7. The van der Waals surface area contributed by atoms with Gasteiger partial charge in [0.1, 0.15) is 35.2 Å². The van der Waals surface area contributed by atoms with E-state index in [1.54, 1.807) is 38.1 Å². The molecular weight excluding hydrogens is 510 g/mol. The van der Waals surface area contributed by atoms with Crippen molar-refractivity contribution < 1.29 is 28.6 Å². The number of fused-ring (bicyclic) bond motifs is 1. The van der Waals surface area contributed by atoms with Crippen molar-refractivity contribution in [1.29, 1.82) is 0 Å². The minimum Gasteiger partial charge on any atom is -0.490 e. The second kappa shape index (κ2) is 12.2. The number of nitrogens with one attached hydrogen (secondary N) is 1. The van der Waals surface area contributed by atoms with Crippen LogP contribution in [0.5, 0.6) is 5.75 Å². The molecule has 10 nitrogen and oxygen atoms in total. The highest BCUT2D eigenvalue weighted by molar-refractivity contribution is 7.20. The molecule has 0 radical (unpaired) electrons. The predicted molar refractivity (Wildman–Crippen MR) is 142 cm³/mol. The summed E-state index contributed by atoms with van der Waals surface area (Å²) < 4.78 is 17.0. The van der Waals surface area contributed by atoms with Crippen LogP contribution in [0.2, 0.25) is 0 Å². The number of anilines is 1. The molecule has 0 fully saturated rings. The molecule has 1 amide bonds. The Balaban J connectivity index is 1.39. The van der Waals surface area contributed by atoms with Crippen LogP contribution in [0.1, 0.15) is 32.5 Å². The van der Waals surface area contributed by atoms with Crippen LogP contribution in [0.25, 0.3) is 10.2 Å². The molecule has 4 aromatic rings. The summed E-state index contributed by atoms with van der Waals surface area (Å²) in [6.45, 7) is 3.57. The number of amides is 1. The number of esters is 2. The van der Waals surface area contributed by atoms with Crippen molar-refractivity contribution >= 4 is 45.1 Å². The first-order valence-corrected chi connectivity index (χ1v) is 12.6. The van der Waals surface area contributed by atoms with Gasteiger partial charge in [0.15, 0.2) is 0 Å². The van der Waals surface area contributed by atoms with Crippen LogP contribution in [0.15, 0.2) is 65.7 Å². The Morgan fingerprint density at radius 1 is 0.974 bits per heavy atom. The standard InChI is InChI=1S/C27H25N3O7S/c1-3-35-26(33)18-9-11-19(12-10-18)29-21(31)15-30-16-28-24-22(25(30)32)17(2)23(38-24)27(34)37-14-13-36-20-7-5-4-6-8-20/h4-12,16H,3,13-15H2,1-2H3,(H,29,31). The zero-order valence-corrected chi connectivity index (χ0v) is 21.6. The molecule has 0 spiro atoms. The van der Waals surface area contributed by atoms with Gasteiger partial charge >= 0.3 is 11.9 Å². The Kier molecular flexibility index (Phi) is 8.49. The fourth-order valence-electron chi connectivity index (χ4n) is 3.60. The van der Waals surface area contributed by atoms with Gasteiger partial charge in [0, 0.05) is 5.69 Å². The lowest BCUT2D eigenvalue weighted by Crippen LogP contribution is -2.28. The largest absolute Gasteiger partial charge is 0.490 e. The van der Waals surface area contributed by atoms with E-state index in [0.717, 1.165) is 11.3 Å². The summed E-state index contributed by atoms with van der Waals surface area (Å²) in [6.07, 6.45) is 1.27. The molecule has 0 aliphatic carbocycles. The van der Waals surface area contributed by atoms with Crippen LogP contribution in [-0.4, -0.2) is 47.2 Å². The van der Waals surface area contributed by atoms with E-state index in [2.05, 4.69) is 10.3 Å². The first-order chi connectivity index (χ1) is 18.4. The van der Waals surface area contributed by atoms with E-state index in [0.29, 0.717) is 27.4 Å². The molecule has 0 unspecified atom stereocenters. The molecule has 196 valence electrons. The Bertz CT molecular complexity index is 1510. The molecule has 0 bridgehead atoms. The van der Waals surface area contributed by atoms with E-state index in [-0.39, 0.29) is 36.6 Å². The molecule has 11 heteroatoms. The molecule has 2 aromatic carbocycles. The molecule has 38 heavy (non-hydrogen) atoms. The van der Waals surface area contributed by atoms with Gasteiger partial charge < -0.3 is 19.5 Å². The van der Waals surface area contributed by atoms with Crippen LogP contribution in [-0.2, 0) is 20.8 Å². The molecule has 0 saturated carbocycles. The van der Waals surface area contributed by atoms with E-state index >= 15 is 0 Å². The maximum atomic E-state index is 13.1. The fraction of sp³-hybridized carbons (Fsp3) is 0.222. The zero-order chi connectivity index (χ0) is 27.1. The van der Waals surface area contributed by atoms with Crippen molar-refractivity contribution in [2.24, 2.45) is 0 Å². The summed E-state index contributed by atoms with van der Waals surface area (Å²) in [4.78, 5) is 55.0. The van der Waals surface area contributed by atoms with E-state index in [1.807, 2.05) is 18.2 Å². The molecule has 0 saturated heterocycles. The number of thiophene rings is 1. The lowest BCUT2D eigenvalue weighted by Gasteiger charge is -2.08. The van der Waals surface area contributed by atoms with Crippen molar-refractivity contribution in [2.45, 2.75) is 20.4 Å². The average Bonchev–Trinajstić information content (AvgIpc) is 3.26. The molecule has 0 aliphatic heterocycles. The molecule has 1 N–H and O–H groups in total. The zero-order valence-electron chi connectivity index (χ0n) is 20.8. The van der Waals surface area contributed by atoms with Gasteiger partial charge in [-0.3, -0.25) is 14.2 Å². The van der Waals surface area contributed by atoms with Crippen molar-refractivity contribution in [1.82, 2.24) is 9.55 Å². The van der Waals surface area contributed by atoms with Gasteiger partial charge in [-0.15, -0.1) is 11.3 Å². The van der Waals surface area contributed by atoms with Gasteiger partial charge in [-0.1, -0.05) is 18.2 Å². The maximum Gasteiger partial charge on any atom is 0.348 e. The second-order valence-corrected chi connectivity index (χ2v) is 9.06. The van der Waals surface area contributed by atoms with Crippen LogP contribution in [0.4, 0.5) is 5.69 Å². The third kappa shape index (κ3) is 6.24. The van der Waals surface area contributed by atoms with Crippen LogP contribution < -0.4 is 15.6 Å². The Morgan fingerprint density at radius 2 is 1.71 bits per heavy atom. The van der Waals surface area contributed by atoms with Gasteiger partial charge in [-0.05, 0) is 55.8 Å².